The van der Waals surface area contributed by atoms with Gasteiger partial charge in [-0.15, -0.1) is 0 Å². The molecule has 1 unspecified atom stereocenters. The number of carbonyl (C=O) groups excluding carboxylic acids is 3. The zero-order chi connectivity index (χ0) is 24.8. The molecule has 3 aromatic rings. The second-order valence-electron chi connectivity index (χ2n) is 9.63. The molecule has 0 bridgehead atoms. The van der Waals surface area contributed by atoms with Crippen molar-refractivity contribution in [1.29, 1.82) is 0 Å². The largest absolute Gasteiger partial charge is 0.486 e. The van der Waals surface area contributed by atoms with Crippen molar-refractivity contribution in [1.82, 2.24) is 20.1 Å². The highest BCUT2D eigenvalue weighted by atomic mass is 19.1. The van der Waals surface area contributed by atoms with E-state index in [2.05, 4.69) is 27.3 Å². The Morgan fingerprint density at radius 2 is 2.00 bits per heavy atom. The van der Waals surface area contributed by atoms with Gasteiger partial charge in [0.2, 0.25) is 11.8 Å². The molecular formula is C27H25FN4O4. The minimum atomic E-state index is -0.732. The fraction of sp³-hybridized carbons (Fsp3) is 0.333. The second-order valence-corrected chi connectivity index (χ2v) is 9.63. The molecule has 1 N–H and O–H groups in total. The smallest absolute Gasteiger partial charge is 0.255 e. The Hall–Kier alpha value is -3.85. The quantitative estimate of drug-likeness (QED) is 0.556. The van der Waals surface area contributed by atoms with Crippen molar-refractivity contribution in [3.05, 3.63) is 71.2 Å². The van der Waals surface area contributed by atoms with E-state index >= 15 is 0 Å². The molecule has 0 aliphatic carbocycles. The molecule has 3 aliphatic rings. The number of benzene rings is 2. The maximum absolute atomic E-state index is 14.9. The lowest BCUT2D eigenvalue weighted by Crippen LogP contribution is -2.52. The number of ether oxygens (including phenoxy) is 1. The lowest BCUT2D eigenvalue weighted by molar-refractivity contribution is -0.136. The number of fused-ring (bicyclic) bond motifs is 2. The average Bonchev–Trinajstić information content (AvgIpc) is 3.43. The van der Waals surface area contributed by atoms with Gasteiger partial charge in [-0.2, -0.15) is 0 Å². The van der Waals surface area contributed by atoms with Crippen LogP contribution in [0.4, 0.5) is 4.39 Å². The van der Waals surface area contributed by atoms with Gasteiger partial charge < -0.3 is 9.64 Å². The molecule has 3 amide bonds. The second kappa shape index (κ2) is 8.98. The molecule has 6 rings (SSSR count). The number of imide groups is 1. The van der Waals surface area contributed by atoms with Crippen LogP contribution in [0.3, 0.4) is 0 Å². The molecule has 0 spiro atoms. The monoisotopic (exact) mass is 488 g/mol. The Morgan fingerprint density at radius 1 is 1.11 bits per heavy atom. The maximum Gasteiger partial charge on any atom is 0.255 e. The van der Waals surface area contributed by atoms with Gasteiger partial charge in [-0.25, -0.2) is 4.39 Å². The molecule has 1 aromatic heterocycles. The average molecular weight is 489 g/mol. The van der Waals surface area contributed by atoms with Crippen molar-refractivity contribution in [2.24, 2.45) is 0 Å². The first kappa shape index (κ1) is 22.6. The van der Waals surface area contributed by atoms with Crippen molar-refractivity contribution in [2.75, 3.05) is 13.1 Å². The summed E-state index contributed by atoms with van der Waals surface area (Å²) in [6.45, 7) is 2.46. The number of rotatable bonds is 5. The zero-order valence-electron chi connectivity index (χ0n) is 19.6. The molecule has 8 nitrogen and oxygen atoms in total. The van der Waals surface area contributed by atoms with Gasteiger partial charge in [-0.3, -0.25) is 29.6 Å². The van der Waals surface area contributed by atoms with Crippen LogP contribution in [-0.4, -0.2) is 57.7 Å². The molecule has 0 saturated carbocycles. The third-order valence-electron chi connectivity index (χ3n) is 7.17. The fourth-order valence-corrected chi connectivity index (χ4v) is 5.36. The van der Waals surface area contributed by atoms with Gasteiger partial charge in [0, 0.05) is 49.7 Å². The van der Waals surface area contributed by atoms with Gasteiger partial charge >= 0.3 is 0 Å². The summed E-state index contributed by atoms with van der Waals surface area (Å²) in [6, 6.07) is 12.3. The molecule has 4 heterocycles. The first-order chi connectivity index (χ1) is 17.4. The summed E-state index contributed by atoms with van der Waals surface area (Å²) >= 11 is 0. The summed E-state index contributed by atoms with van der Waals surface area (Å²) in [6.07, 6.45) is 2.83. The van der Waals surface area contributed by atoms with Gasteiger partial charge in [0.25, 0.3) is 5.91 Å². The minimum Gasteiger partial charge on any atom is -0.486 e. The Balaban J connectivity index is 1.11. The van der Waals surface area contributed by atoms with E-state index in [1.807, 2.05) is 18.2 Å². The Labute approximate surface area is 207 Å². The predicted molar refractivity (Wildman–Crippen MR) is 128 cm³/mol. The summed E-state index contributed by atoms with van der Waals surface area (Å²) in [5, 5.41) is 3.38. The molecule has 36 heavy (non-hydrogen) atoms. The lowest BCUT2D eigenvalue weighted by Gasteiger charge is -2.29. The van der Waals surface area contributed by atoms with E-state index < -0.39 is 23.7 Å². The van der Waals surface area contributed by atoms with E-state index in [1.165, 1.54) is 16.5 Å². The Morgan fingerprint density at radius 3 is 2.86 bits per heavy atom. The molecule has 2 saturated heterocycles. The molecule has 2 atom stereocenters. The Kier molecular flexibility index (Phi) is 5.64. The van der Waals surface area contributed by atoms with Crippen LogP contribution >= 0.6 is 0 Å². The topological polar surface area (TPSA) is 91.8 Å². The molecule has 2 fully saturated rings. The van der Waals surface area contributed by atoms with Crippen LogP contribution in [0, 0.1) is 5.82 Å². The van der Waals surface area contributed by atoms with Crippen molar-refractivity contribution >= 4 is 28.6 Å². The van der Waals surface area contributed by atoms with Crippen molar-refractivity contribution in [2.45, 2.75) is 44.5 Å². The number of piperidine rings is 1. The lowest BCUT2D eigenvalue weighted by atomic mass is 10.0. The van der Waals surface area contributed by atoms with Crippen molar-refractivity contribution in [3.63, 3.8) is 0 Å². The van der Waals surface area contributed by atoms with Crippen LogP contribution in [0.15, 0.2) is 48.7 Å². The molecule has 9 heteroatoms. The zero-order valence-corrected chi connectivity index (χ0v) is 19.6. The molecular weight excluding hydrogens is 463 g/mol. The number of likely N-dealkylation sites (tertiary alicyclic amines) is 1. The third kappa shape index (κ3) is 4.19. The van der Waals surface area contributed by atoms with Crippen LogP contribution in [0.25, 0.3) is 10.9 Å². The molecule has 3 aliphatic heterocycles. The highest BCUT2D eigenvalue weighted by Gasteiger charge is 2.40. The van der Waals surface area contributed by atoms with E-state index in [-0.39, 0.29) is 42.7 Å². The summed E-state index contributed by atoms with van der Waals surface area (Å²) < 4.78 is 21.0. The highest BCUT2D eigenvalue weighted by Crippen LogP contribution is 2.33. The maximum atomic E-state index is 14.9. The minimum absolute atomic E-state index is 0.121. The number of aromatic nitrogens is 1. The SMILES string of the molecule is O=C1CCC(N2Cc3cc(O[C@H]4CCN(Cc5ccc6ncccc6c5)C4)c(F)cc3C2=O)C(=O)N1. The van der Waals surface area contributed by atoms with E-state index in [9.17, 15) is 18.8 Å². The fourth-order valence-electron chi connectivity index (χ4n) is 5.36. The number of hydrogen-bond donors (Lipinski definition) is 1. The van der Waals surface area contributed by atoms with E-state index in [0.29, 0.717) is 12.1 Å². The van der Waals surface area contributed by atoms with Crippen LogP contribution in [0.1, 0.15) is 40.7 Å². The van der Waals surface area contributed by atoms with Crippen LogP contribution < -0.4 is 10.1 Å². The number of amides is 3. The summed E-state index contributed by atoms with van der Waals surface area (Å²) in [5.74, 6) is -1.70. The summed E-state index contributed by atoms with van der Waals surface area (Å²) in [7, 11) is 0. The van der Waals surface area contributed by atoms with Crippen molar-refractivity contribution < 1.29 is 23.5 Å². The van der Waals surface area contributed by atoms with E-state index in [4.69, 9.17) is 4.74 Å². The molecule has 2 aromatic carbocycles. The molecule has 184 valence electrons. The van der Waals surface area contributed by atoms with Crippen LogP contribution in [0.2, 0.25) is 0 Å². The standard InChI is InChI=1S/C27H25FN4O4/c28-21-12-20-18(14-32(27(20)35)23-5-6-25(33)30-26(23)34)11-24(21)36-19-7-9-31(15-19)13-16-3-4-22-17(10-16)2-1-8-29-22/h1-4,8,10-12,19,23H,5-7,9,13-15H2,(H,30,33,34)/t19-,23?/m0/s1. The van der Waals surface area contributed by atoms with Gasteiger partial charge in [-0.1, -0.05) is 12.1 Å². The molecule has 0 radical (unpaired) electrons. The van der Waals surface area contributed by atoms with E-state index in [1.54, 1.807) is 12.3 Å². The van der Waals surface area contributed by atoms with Crippen molar-refractivity contribution in [3.8, 4) is 5.75 Å². The normalized spacial score (nSPS) is 22.2. The van der Waals surface area contributed by atoms with Gasteiger partial charge in [0.15, 0.2) is 11.6 Å². The Bertz CT molecular complexity index is 1390. The van der Waals surface area contributed by atoms with Crippen LogP contribution in [-0.2, 0) is 22.7 Å². The van der Waals surface area contributed by atoms with Gasteiger partial charge in [0.1, 0.15) is 12.1 Å². The number of nitrogens with zero attached hydrogens (tertiary/aromatic N) is 3. The van der Waals surface area contributed by atoms with Gasteiger partial charge in [-0.05, 0) is 54.3 Å². The van der Waals surface area contributed by atoms with Gasteiger partial charge in [0.05, 0.1) is 5.52 Å². The van der Waals surface area contributed by atoms with Crippen LogP contribution in [0.5, 0.6) is 5.75 Å². The first-order valence-electron chi connectivity index (χ1n) is 12.1. The summed E-state index contributed by atoms with van der Waals surface area (Å²) in [4.78, 5) is 44.6. The predicted octanol–water partition coefficient (Wildman–Crippen LogP) is 2.79. The number of carbonyl (C=O) groups is 3. The highest BCUT2D eigenvalue weighted by molar-refractivity contribution is 6.05. The first-order valence-corrected chi connectivity index (χ1v) is 12.1. The van der Waals surface area contributed by atoms with E-state index in [0.717, 1.165) is 30.4 Å². The number of hydrogen-bond acceptors (Lipinski definition) is 6. The number of pyridine rings is 1. The summed E-state index contributed by atoms with van der Waals surface area (Å²) in [5.41, 5.74) is 3.02. The number of nitrogens with one attached hydrogen (secondary N) is 1. The number of halogens is 1. The third-order valence-corrected chi connectivity index (χ3v) is 7.17.